The number of nitrogens with one attached hydrogen (secondary N) is 1. The van der Waals surface area contributed by atoms with E-state index in [-0.39, 0.29) is 24.2 Å². The van der Waals surface area contributed by atoms with Crippen molar-refractivity contribution in [3.63, 3.8) is 0 Å². The summed E-state index contributed by atoms with van der Waals surface area (Å²) in [7, 11) is 1.53. The number of rotatable bonds is 6. The number of methoxy groups -OCH3 is 1. The summed E-state index contributed by atoms with van der Waals surface area (Å²) in [5, 5.41) is 3.29. The zero-order valence-electron chi connectivity index (χ0n) is 14.3. The summed E-state index contributed by atoms with van der Waals surface area (Å²) in [6.45, 7) is 0.787. The van der Waals surface area contributed by atoms with Crippen molar-refractivity contribution < 1.29 is 14.3 Å². The van der Waals surface area contributed by atoms with E-state index in [0.717, 1.165) is 5.69 Å². The van der Waals surface area contributed by atoms with Gasteiger partial charge in [-0.25, -0.2) is 0 Å². The molecule has 7 nitrogen and oxygen atoms in total. The number of carbonyl (C=O) groups is 2. The highest BCUT2D eigenvalue weighted by Gasteiger charge is 2.35. The molecule has 1 aromatic heterocycles. The van der Waals surface area contributed by atoms with Gasteiger partial charge in [-0.1, -0.05) is 11.6 Å². The zero-order valence-corrected chi connectivity index (χ0v) is 15.1. The van der Waals surface area contributed by atoms with E-state index in [1.165, 1.54) is 7.11 Å². The maximum absolute atomic E-state index is 12.4. The molecule has 1 atom stereocenters. The number of anilines is 1. The first-order valence-corrected chi connectivity index (χ1v) is 8.63. The number of hydrogen-bond acceptors (Lipinski definition) is 5. The van der Waals surface area contributed by atoms with Crippen LogP contribution in [0.4, 0.5) is 5.69 Å². The molecule has 1 aliphatic heterocycles. The van der Waals surface area contributed by atoms with E-state index in [4.69, 9.17) is 16.3 Å². The van der Waals surface area contributed by atoms with Gasteiger partial charge < -0.3 is 15.0 Å². The van der Waals surface area contributed by atoms with E-state index in [9.17, 15) is 9.59 Å². The van der Waals surface area contributed by atoms with Crippen LogP contribution in [0.2, 0.25) is 5.02 Å². The number of nitrogens with zero attached hydrogens (tertiary/aromatic N) is 3. The van der Waals surface area contributed by atoms with Gasteiger partial charge in [0.1, 0.15) is 5.75 Å². The lowest BCUT2D eigenvalue weighted by Gasteiger charge is -2.17. The van der Waals surface area contributed by atoms with Gasteiger partial charge in [0.05, 0.1) is 23.7 Å². The predicted octanol–water partition coefficient (Wildman–Crippen LogP) is 1.85. The summed E-state index contributed by atoms with van der Waals surface area (Å²) in [6.07, 6.45) is 5.66. The van der Waals surface area contributed by atoms with E-state index in [0.29, 0.717) is 36.0 Å². The molecular weight excluding hydrogens is 356 g/mol. The Morgan fingerprint density at radius 1 is 1.42 bits per heavy atom. The van der Waals surface area contributed by atoms with Crippen LogP contribution in [0.3, 0.4) is 0 Å². The molecule has 8 heteroatoms. The van der Waals surface area contributed by atoms with Gasteiger partial charge >= 0.3 is 0 Å². The Bertz CT molecular complexity index is 800. The molecule has 0 aliphatic carbocycles. The van der Waals surface area contributed by atoms with Gasteiger partial charge in [-0.15, -0.1) is 0 Å². The molecule has 1 aromatic carbocycles. The third kappa shape index (κ3) is 4.11. The van der Waals surface area contributed by atoms with Gasteiger partial charge in [-0.3, -0.25) is 19.6 Å². The van der Waals surface area contributed by atoms with Crippen molar-refractivity contribution in [2.75, 3.05) is 25.1 Å². The molecule has 1 fully saturated rings. The van der Waals surface area contributed by atoms with E-state index in [2.05, 4.69) is 15.3 Å². The summed E-state index contributed by atoms with van der Waals surface area (Å²) < 4.78 is 5.12. The van der Waals surface area contributed by atoms with Crippen molar-refractivity contribution in [1.29, 1.82) is 0 Å². The summed E-state index contributed by atoms with van der Waals surface area (Å²) in [6, 6.07) is 5.14. The van der Waals surface area contributed by atoms with E-state index in [1.54, 1.807) is 41.7 Å². The molecule has 0 radical (unpaired) electrons. The smallest absolute Gasteiger partial charge is 0.227 e. The van der Waals surface area contributed by atoms with Crippen molar-refractivity contribution in [1.82, 2.24) is 15.3 Å². The van der Waals surface area contributed by atoms with Crippen LogP contribution < -0.4 is 15.0 Å². The summed E-state index contributed by atoms with van der Waals surface area (Å²) in [5.41, 5.74) is 1.47. The van der Waals surface area contributed by atoms with E-state index >= 15 is 0 Å². The average Bonchev–Trinajstić information content (AvgIpc) is 3.04. The Morgan fingerprint density at radius 2 is 2.27 bits per heavy atom. The molecule has 1 aliphatic rings. The first-order valence-electron chi connectivity index (χ1n) is 8.25. The Hall–Kier alpha value is -2.67. The lowest BCUT2D eigenvalue weighted by Crippen LogP contribution is -2.34. The van der Waals surface area contributed by atoms with Crippen LogP contribution in [0.5, 0.6) is 5.75 Å². The quantitative estimate of drug-likeness (QED) is 0.834. The molecule has 2 aromatic rings. The molecule has 0 spiro atoms. The van der Waals surface area contributed by atoms with Crippen molar-refractivity contribution in [2.45, 2.75) is 12.8 Å². The molecule has 1 unspecified atom stereocenters. The Labute approximate surface area is 156 Å². The number of amides is 2. The third-order valence-corrected chi connectivity index (χ3v) is 4.54. The van der Waals surface area contributed by atoms with Crippen molar-refractivity contribution >= 4 is 29.1 Å². The highest BCUT2D eigenvalue weighted by Crippen LogP contribution is 2.32. The second kappa shape index (κ2) is 8.14. The second-order valence-electron chi connectivity index (χ2n) is 5.96. The number of carbonyl (C=O) groups excluding carboxylic acids is 2. The first-order chi connectivity index (χ1) is 12.6. The Morgan fingerprint density at radius 3 is 2.96 bits per heavy atom. The molecule has 1 N–H and O–H groups in total. The maximum atomic E-state index is 12.4. The summed E-state index contributed by atoms with van der Waals surface area (Å²) in [5.74, 6) is -0.0738. The Kier molecular flexibility index (Phi) is 5.68. The van der Waals surface area contributed by atoms with Gasteiger partial charge in [0, 0.05) is 50.2 Å². The molecule has 136 valence electrons. The predicted molar refractivity (Wildman–Crippen MR) is 97.2 cm³/mol. The zero-order chi connectivity index (χ0) is 18.5. The number of halogens is 1. The molecule has 26 heavy (non-hydrogen) atoms. The van der Waals surface area contributed by atoms with Crippen LogP contribution in [0, 0.1) is 5.92 Å². The van der Waals surface area contributed by atoms with Crippen molar-refractivity contribution in [2.24, 2.45) is 5.92 Å². The van der Waals surface area contributed by atoms with Crippen LogP contribution in [-0.4, -0.2) is 42.0 Å². The highest BCUT2D eigenvalue weighted by atomic mass is 35.5. The number of benzene rings is 1. The van der Waals surface area contributed by atoms with E-state index < -0.39 is 0 Å². The fraction of sp³-hybridized carbons (Fsp3) is 0.333. The molecule has 2 heterocycles. The molecule has 0 saturated carbocycles. The van der Waals surface area contributed by atoms with Gasteiger partial charge in [-0.2, -0.15) is 0 Å². The normalized spacial score (nSPS) is 16.6. The average molecular weight is 375 g/mol. The monoisotopic (exact) mass is 374 g/mol. The standard InChI is InChI=1S/C18H19ClN4O3/c1-26-16-3-2-14(9-15(16)19)23-11-12(8-17(23)24)18(25)22-5-4-13-10-20-6-7-21-13/h2-3,6-7,9-10,12H,4-5,8,11H2,1H3,(H,22,25). The minimum absolute atomic E-state index is 0.0969. The van der Waals surface area contributed by atoms with Gasteiger partial charge in [0.25, 0.3) is 0 Å². The SMILES string of the molecule is COc1ccc(N2CC(C(=O)NCCc3cnccn3)CC2=O)cc1Cl. The van der Waals surface area contributed by atoms with Gasteiger partial charge in [0.2, 0.25) is 11.8 Å². The molecule has 3 rings (SSSR count). The summed E-state index contributed by atoms with van der Waals surface area (Å²) in [4.78, 5) is 34.4. The molecular formula is C18H19ClN4O3. The second-order valence-corrected chi connectivity index (χ2v) is 6.37. The number of ether oxygens (including phenoxy) is 1. The minimum Gasteiger partial charge on any atom is -0.495 e. The van der Waals surface area contributed by atoms with Crippen molar-refractivity contribution in [3.05, 3.63) is 47.5 Å². The van der Waals surface area contributed by atoms with Crippen LogP contribution in [0.25, 0.3) is 0 Å². The van der Waals surface area contributed by atoms with Gasteiger partial charge in [-0.05, 0) is 18.2 Å². The fourth-order valence-electron chi connectivity index (χ4n) is 2.87. The van der Waals surface area contributed by atoms with E-state index in [1.807, 2.05) is 0 Å². The highest BCUT2D eigenvalue weighted by molar-refractivity contribution is 6.32. The fourth-order valence-corrected chi connectivity index (χ4v) is 3.13. The molecule has 1 saturated heterocycles. The summed E-state index contributed by atoms with van der Waals surface area (Å²) >= 11 is 6.13. The number of aromatic nitrogens is 2. The van der Waals surface area contributed by atoms with Gasteiger partial charge in [0.15, 0.2) is 0 Å². The first kappa shape index (κ1) is 18.1. The molecule has 0 bridgehead atoms. The molecule has 2 amide bonds. The lowest BCUT2D eigenvalue weighted by molar-refractivity contribution is -0.126. The largest absolute Gasteiger partial charge is 0.495 e. The third-order valence-electron chi connectivity index (χ3n) is 4.24. The van der Waals surface area contributed by atoms with Crippen LogP contribution in [0.15, 0.2) is 36.8 Å². The van der Waals surface area contributed by atoms with Crippen molar-refractivity contribution in [3.8, 4) is 5.75 Å². The Balaban J connectivity index is 1.56. The van der Waals surface area contributed by atoms with Crippen LogP contribution >= 0.6 is 11.6 Å². The minimum atomic E-state index is -0.384. The lowest BCUT2D eigenvalue weighted by atomic mass is 10.1. The van der Waals surface area contributed by atoms with Crippen LogP contribution in [0.1, 0.15) is 12.1 Å². The number of hydrogen-bond donors (Lipinski definition) is 1. The topological polar surface area (TPSA) is 84.4 Å². The maximum Gasteiger partial charge on any atom is 0.227 e. The van der Waals surface area contributed by atoms with Crippen LogP contribution in [-0.2, 0) is 16.0 Å².